The van der Waals surface area contributed by atoms with Crippen molar-refractivity contribution in [3.8, 4) is 0 Å². The number of hydrogen-bond acceptors (Lipinski definition) is 2. The van der Waals surface area contributed by atoms with Crippen LogP contribution in [0.1, 0.15) is 13.3 Å². The average molecular weight is 189 g/mol. The molecule has 8 heavy (non-hydrogen) atoms. The van der Waals surface area contributed by atoms with E-state index in [1.54, 1.807) is 0 Å². The van der Waals surface area contributed by atoms with Gasteiger partial charge in [-0.3, -0.25) is 6.29 Å². The van der Waals surface area contributed by atoms with Crippen molar-refractivity contribution in [2.75, 3.05) is 0 Å². The molecule has 0 aliphatic rings. The molecule has 2 nitrogen and oxygen atoms in total. The zero-order valence-corrected chi connectivity index (χ0v) is 7.72. The van der Waals surface area contributed by atoms with Crippen LogP contribution in [0.15, 0.2) is 0 Å². The van der Waals surface area contributed by atoms with Gasteiger partial charge in [0.05, 0.1) is 6.29 Å². The van der Waals surface area contributed by atoms with E-state index < -0.39 is 0 Å². The van der Waals surface area contributed by atoms with Gasteiger partial charge in [0.1, 0.15) is 0 Å². The van der Waals surface area contributed by atoms with E-state index in [4.69, 9.17) is 9.59 Å². The van der Waals surface area contributed by atoms with Crippen LogP contribution in [-0.2, 0) is 42.3 Å². The molecule has 0 saturated carbocycles. The third kappa shape index (κ3) is 91.6. The molecule has 0 aliphatic heterocycles. The Morgan fingerprint density at radius 1 is 1.75 bits per heavy atom. The van der Waals surface area contributed by atoms with Gasteiger partial charge in [0.15, 0.2) is 0 Å². The predicted molar refractivity (Wildman–Crippen MR) is 27.4 cm³/mol. The number of carbonyl (C=O) groups is 1. The van der Waals surface area contributed by atoms with Crippen molar-refractivity contribution >= 4 is 12.6 Å². The smallest absolute Gasteiger partial charge is 0.0898 e. The van der Waals surface area contributed by atoms with E-state index in [1.807, 2.05) is 0 Å². The van der Waals surface area contributed by atoms with Gasteiger partial charge in [-0.1, -0.05) is 0 Å². The number of aldehydes is 1. The fraction of sp³-hybridized carbons (Fsp3) is 0.400. The Morgan fingerprint density at radius 2 is 1.88 bits per heavy atom. The quantitative estimate of drug-likeness (QED) is 0.445. The van der Waals surface area contributed by atoms with Crippen molar-refractivity contribution < 1.29 is 42.3 Å². The Morgan fingerprint density at radius 3 is 1.88 bits per heavy atom. The van der Waals surface area contributed by atoms with Gasteiger partial charge in [-0.05, 0) is 0 Å². The van der Waals surface area contributed by atoms with Crippen molar-refractivity contribution in [1.29, 1.82) is 0 Å². The molecule has 0 aromatic carbocycles. The van der Waals surface area contributed by atoms with Crippen molar-refractivity contribution in [3.63, 3.8) is 0 Å². The standard InChI is InChI=1S/C3H5O.C2H3O.Y/c1-2-3-4;1-2-3;/h3H,1-2H2;1H3;/q2*-1;. The summed E-state index contributed by atoms with van der Waals surface area (Å²) in [5, 5.41) is 0. The van der Waals surface area contributed by atoms with Gasteiger partial charge in [0.2, 0.25) is 0 Å². The van der Waals surface area contributed by atoms with Crippen LogP contribution < -0.4 is 0 Å². The van der Waals surface area contributed by atoms with E-state index in [9.17, 15) is 0 Å². The molecule has 0 fully saturated rings. The van der Waals surface area contributed by atoms with Crippen LogP contribution >= 0.6 is 0 Å². The minimum absolute atomic E-state index is 0. The SMILES string of the molecule is C[C-]=O.[CH2-]CC=O.[Y]. The van der Waals surface area contributed by atoms with Crippen LogP contribution in [-0.4, -0.2) is 12.6 Å². The second-order valence-electron chi connectivity index (χ2n) is 0.659. The fourth-order valence-corrected chi connectivity index (χ4v) is 0. The second kappa shape index (κ2) is 26.1. The van der Waals surface area contributed by atoms with E-state index in [1.165, 1.54) is 13.2 Å². The van der Waals surface area contributed by atoms with Gasteiger partial charge in [0, 0.05) is 32.7 Å². The summed E-state index contributed by atoms with van der Waals surface area (Å²) in [7, 11) is 0. The fourth-order valence-electron chi connectivity index (χ4n) is 0. The summed E-state index contributed by atoms with van der Waals surface area (Å²) in [5.41, 5.74) is 0. The first-order valence-corrected chi connectivity index (χ1v) is 1.85. The van der Waals surface area contributed by atoms with Gasteiger partial charge in [-0.15, -0.1) is 6.42 Å². The molecule has 0 N–H and O–H groups in total. The molecular formula is C5H8O2Y-2. The van der Waals surface area contributed by atoms with Crippen LogP contribution in [0.5, 0.6) is 0 Å². The van der Waals surface area contributed by atoms with Gasteiger partial charge < -0.3 is 16.5 Å². The molecule has 1 radical (unpaired) electrons. The minimum atomic E-state index is 0. The number of carbonyl (C=O) groups excluding carboxylic acids is 2. The topological polar surface area (TPSA) is 34.1 Å². The number of hydrogen-bond donors (Lipinski definition) is 0. The molecule has 0 bridgehead atoms. The summed E-state index contributed by atoms with van der Waals surface area (Å²) >= 11 is 0. The molecule has 0 spiro atoms. The van der Waals surface area contributed by atoms with Gasteiger partial charge in [-0.25, -0.2) is 0 Å². The molecule has 0 aromatic rings. The normalized spacial score (nSPS) is 4.75. The molecule has 0 saturated heterocycles. The Balaban J connectivity index is -0.0000000575. The maximum atomic E-state index is 9.11. The van der Waals surface area contributed by atoms with Crippen LogP contribution in [0, 0.1) is 6.92 Å². The molecule has 0 atom stereocenters. The third-order valence-electron chi connectivity index (χ3n) is 0.118. The summed E-state index contributed by atoms with van der Waals surface area (Å²) in [4.78, 5) is 17.8. The number of rotatable bonds is 1. The van der Waals surface area contributed by atoms with Crippen molar-refractivity contribution in [1.82, 2.24) is 0 Å². The largest absolute Gasteiger partial charge is 0.542 e. The Kier molecular flexibility index (Phi) is 51.4. The van der Waals surface area contributed by atoms with Crippen LogP contribution in [0.4, 0.5) is 0 Å². The summed E-state index contributed by atoms with van der Waals surface area (Å²) in [6.07, 6.45) is 2.65. The van der Waals surface area contributed by atoms with Gasteiger partial charge in [0.25, 0.3) is 0 Å². The van der Waals surface area contributed by atoms with Gasteiger partial charge in [-0.2, -0.15) is 6.92 Å². The summed E-state index contributed by atoms with van der Waals surface area (Å²) in [6, 6.07) is 0. The summed E-state index contributed by atoms with van der Waals surface area (Å²) in [6.45, 7) is 4.56. The molecule has 0 aliphatic carbocycles. The molecule has 0 rings (SSSR count). The molecule has 0 amide bonds. The molecule has 0 heterocycles. The monoisotopic (exact) mass is 189 g/mol. The van der Waals surface area contributed by atoms with Crippen molar-refractivity contribution in [3.05, 3.63) is 6.92 Å². The first kappa shape index (κ1) is 15.8. The van der Waals surface area contributed by atoms with E-state index in [-0.39, 0.29) is 32.7 Å². The molecule has 3 heteroatoms. The predicted octanol–water partition coefficient (Wildman–Crippen LogP) is 0.523. The van der Waals surface area contributed by atoms with Crippen molar-refractivity contribution in [2.45, 2.75) is 13.3 Å². The van der Waals surface area contributed by atoms with Crippen molar-refractivity contribution in [2.24, 2.45) is 0 Å². The first-order chi connectivity index (χ1) is 3.33. The second-order valence-corrected chi connectivity index (χ2v) is 0.659. The molecule has 0 unspecified atom stereocenters. The van der Waals surface area contributed by atoms with Crippen LogP contribution in [0.2, 0.25) is 0 Å². The molecule has 45 valence electrons. The minimum Gasteiger partial charge on any atom is -0.542 e. The Hall–Kier alpha value is 0.444. The van der Waals surface area contributed by atoms with E-state index >= 15 is 0 Å². The average Bonchev–Trinajstić information content (AvgIpc) is 1.69. The third-order valence-corrected chi connectivity index (χ3v) is 0.118. The Labute approximate surface area is 74.9 Å². The zero-order valence-electron chi connectivity index (χ0n) is 4.89. The summed E-state index contributed by atoms with van der Waals surface area (Å²) in [5.74, 6) is 0. The van der Waals surface area contributed by atoms with E-state index in [0.29, 0.717) is 6.42 Å². The van der Waals surface area contributed by atoms with E-state index in [0.717, 1.165) is 6.29 Å². The van der Waals surface area contributed by atoms with Crippen LogP contribution in [0.25, 0.3) is 0 Å². The maximum absolute atomic E-state index is 9.11. The molecule has 0 aromatic heterocycles. The van der Waals surface area contributed by atoms with Gasteiger partial charge >= 0.3 is 0 Å². The van der Waals surface area contributed by atoms with Crippen LogP contribution in [0.3, 0.4) is 0 Å². The Bertz CT molecular complexity index is 45.7. The van der Waals surface area contributed by atoms with E-state index in [2.05, 4.69) is 6.92 Å². The first-order valence-electron chi connectivity index (χ1n) is 1.85. The zero-order chi connectivity index (χ0) is 6.12. The molecular weight excluding hydrogens is 181 g/mol. The maximum Gasteiger partial charge on any atom is 0.0898 e. The summed E-state index contributed by atoms with van der Waals surface area (Å²) < 4.78 is 0.